The lowest BCUT2D eigenvalue weighted by atomic mass is 10.2. The summed E-state index contributed by atoms with van der Waals surface area (Å²) >= 11 is 5.20. The smallest absolute Gasteiger partial charge is 0.340 e. The molecule has 1 aliphatic rings. The first kappa shape index (κ1) is 8.14. The number of rotatable bonds is 2. The summed E-state index contributed by atoms with van der Waals surface area (Å²) in [4.78, 5) is 10.9. The Morgan fingerprint density at radius 1 is 1.82 bits per heavy atom. The van der Waals surface area contributed by atoms with Crippen LogP contribution >= 0.6 is 11.6 Å². The van der Waals surface area contributed by atoms with Gasteiger partial charge in [-0.2, -0.15) is 0 Å². The first-order valence-electron chi connectivity index (χ1n) is 3.18. The Balaban J connectivity index is 2.52. The van der Waals surface area contributed by atoms with Gasteiger partial charge in [0, 0.05) is 12.7 Å². The fraction of sp³-hybridized carbons (Fsp3) is 0.286. The van der Waals surface area contributed by atoms with E-state index in [1.807, 2.05) is 6.08 Å². The zero-order valence-electron chi connectivity index (χ0n) is 5.84. The molecule has 0 aliphatic carbocycles. The van der Waals surface area contributed by atoms with Gasteiger partial charge in [0.1, 0.15) is 0 Å². The zero-order chi connectivity index (χ0) is 8.10. The number of alkyl halides is 1. The molecule has 4 heteroatoms. The average molecular weight is 174 g/mol. The van der Waals surface area contributed by atoms with Gasteiger partial charge in [-0.25, -0.2) is 4.79 Å². The molecule has 0 unspecified atom stereocenters. The molecule has 60 valence electrons. The third kappa shape index (κ3) is 2.27. The van der Waals surface area contributed by atoms with Crippen LogP contribution in [0.5, 0.6) is 0 Å². The van der Waals surface area contributed by atoms with Gasteiger partial charge in [-0.15, -0.1) is 0 Å². The van der Waals surface area contributed by atoms with Crippen LogP contribution in [-0.2, 0) is 9.53 Å². The minimum atomic E-state index is -0.400. The molecule has 0 spiro atoms. The Morgan fingerprint density at radius 2 is 2.64 bits per heavy atom. The molecule has 0 bridgehead atoms. The SMILES string of the molecule is O=C(OCCl)C1=CNCC=C1. The first-order chi connectivity index (χ1) is 5.34. The van der Waals surface area contributed by atoms with Crippen LogP contribution in [0.1, 0.15) is 0 Å². The van der Waals surface area contributed by atoms with Crippen molar-refractivity contribution < 1.29 is 9.53 Å². The van der Waals surface area contributed by atoms with Crippen molar-refractivity contribution in [2.75, 3.05) is 12.6 Å². The van der Waals surface area contributed by atoms with Crippen LogP contribution in [-0.4, -0.2) is 18.6 Å². The van der Waals surface area contributed by atoms with Crippen LogP contribution in [0.4, 0.5) is 0 Å². The normalized spacial score (nSPS) is 15.2. The van der Waals surface area contributed by atoms with Gasteiger partial charge in [-0.05, 0) is 6.08 Å². The molecule has 1 rings (SSSR count). The van der Waals surface area contributed by atoms with Crippen LogP contribution in [0.15, 0.2) is 23.9 Å². The van der Waals surface area contributed by atoms with E-state index in [0.29, 0.717) is 5.57 Å². The number of ether oxygens (including phenoxy) is 1. The summed E-state index contributed by atoms with van der Waals surface area (Å²) in [6.45, 7) is 0.748. The molecule has 1 heterocycles. The molecule has 0 aromatic rings. The van der Waals surface area contributed by atoms with E-state index in [4.69, 9.17) is 11.6 Å². The summed E-state index contributed by atoms with van der Waals surface area (Å²) in [6, 6.07) is -0.107. The van der Waals surface area contributed by atoms with Gasteiger partial charge in [0.15, 0.2) is 6.07 Å². The standard InChI is InChI=1S/C7H8ClNO2/c8-5-11-7(10)6-2-1-3-9-4-6/h1-2,4,9H,3,5H2. The highest BCUT2D eigenvalue weighted by Crippen LogP contribution is 2.02. The summed E-state index contributed by atoms with van der Waals surface area (Å²) < 4.78 is 4.55. The van der Waals surface area contributed by atoms with Gasteiger partial charge in [0.25, 0.3) is 0 Å². The van der Waals surface area contributed by atoms with Crippen LogP contribution in [0.25, 0.3) is 0 Å². The lowest BCUT2D eigenvalue weighted by Crippen LogP contribution is -2.15. The van der Waals surface area contributed by atoms with E-state index >= 15 is 0 Å². The van der Waals surface area contributed by atoms with E-state index in [1.54, 1.807) is 12.3 Å². The number of nitrogens with one attached hydrogen (secondary N) is 1. The molecular formula is C7H8ClNO2. The third-order valence-electron chi connectivity index (χ3n) is 1.21. The fourth-order valence-corrected chi connectivity index (χ4v) is 0.830. The molecular weight excluding hydrogens is 166 g/mol. The molecule has 0 atom stereocenters. The van der Waals surface area contributed by atoms with Gasteiger partial charge < -0.3 is 10.1 Å². The van der Waals surface area contributed by atoms with Crippen molar-refractivity contribution in [1.29, 1.82) is 0 Å². The van der Waals surface area contributed by atoms with Crippen LogP contribution in [0.2, 0.25) is 0 Å². The lowest BCUT2D eigenvalue weighted by Gasteiger charge is -2.06. The predicted molar refractivity (Wildman–Crippen MR) is 42.0 cm³/mol. The largest absolute Gasteiger partial charge is 0.446 e. The minimum Gasteiger partial charge on any atom is -0.446 e. The maximum atomic E-state index is 10.9. The average Bonchev–Trinajstić information content (AvgIpc) is 2.07. The Morgan fingerprint density at radius 3 is 3.18 bits per heavy atom. The minimum absolute atomic E-state index is 0.107. The van der Waals surface area contributed by atoms with E-state index in [-0.39, 0.29) is 6.07 Å². The molecule has 0 aromatic carbocycles. The van der Waals surface area contributed by atoms with E-state index in [0.717, 1.165) is 6.54 Å². The summed E-state index contributed by atoms with van der Waals surface area (Å²) in [5.41, 5.74) is 0.497. The van der Waals surface area contributed by atoms with E-state index in [1.165, 1.54) is 0 Å². The topological polar surface area (TPSA) is 38.3 Å². The Bertz CT molecular complexity index is 210. The number of halogens is 1. The number of carbonyl (C=O) groups excluding carboxylic acids is 1. The van der Waals surface area contributed by atoms with E-state index in [2.05, 4.69) is 10.1 Å². The molecule has 0 fully saturated rings. The highest BCUT2D eigenvalue weighted by atomic mass is 35.5. The maximum absolute atomic E-state index is 10.9. The fourth-order valence-electron chi connectivity index (χ4n) is 0.731. The van der Waals surface area contributed by atoms with Crippen molar-refractivity contribution >= 4 is 17.6 Å². The highest BCUT2D eigenvalue weighted by molar-refractivity contribution is 6.17. The predicted octanol–water partition coefficient (Wildman–Crippen LogP) is 0.769. The Kier molecular flexibility index (Phi) is 2.98. The molecule has 1 aliphatic heterocycles. The number of esters is 1. The number of hydrogen-bond donors (Lipinski definition) is 1. The maximum Gasteiger partial charge on any atom is 0.340 e. The Labute approximate surface area is 69.7 Å². The zero-order valence-corrected chi connectivity index (χ0v) is 6.60. The summed E-state index contributed by atoms with van der Waals surface area (Å²) in [5, 5.41) is 2.88. The molecule has 0 saturated heterocycles. The summed E-state index contributed by atoms with van der Waals surface area (Å²) in [6.07, 6.45) is 5.14. The van der Waals surface area contributed by atoms with Crippen LogP contribution in [0, 0.1) is 0 Å². The van der Waals surface area contributed by atoms with Crippen molar-refractivity contribution in [2.45, 2.75) is 0 Å². The first-order valence-corrected chi connectivity index (χ1v) is 3.71. The highest BCUT2D eigenvalue weighted by Gasteiger charge is 2.07. The second-order valence-corrected chi connectivity index (χ2v) is 2.17. The monoisotopic (exact) mass is 173 g/mol. The lowest BCUT2D eigenvalue weighted by molar-refractivity contribution is -0.136. The van der Waals surface area contributed by atoms with Crippen molar-refractivity contribution in [3.63, 3.8) is 0 Å². The second-order valence-electron chi connectivity index (χ2n) is 1.95. The molecule has 3 nitrogen and oxygen atoms in total. The number of dihydropyridines is 1. The van der Waals surface area contributed by atoms with Crippen LogP contribution < -0.4 is 5.32 Å². The Hall–Kier alpha value is -0.960. The van der Waals surface area contributed by atoms with E-state index in [9.17, 15) is 4.79 Å². The molecule has 0 radical (unpaired) electrons. The van der Waals surface area contributed by atoms with Crippen LogP contribution in [0.3, 0.4) is 0 Å². The van der Waals surface area contributed by atoms with Crippen molar-refractivity contribution in [3.05, 3.63) is 23.9 Å². The van der Waals surface area contributed by atoms with Gasteiger partial charge in [-0.3, -0.25) is 0 Å². The van der Waals surface area contributed by atoms with Gasteiger partial charge in [0.05, 0.1) is 5.57 Å². The van der Waals surface area contributed by atoms with Crippen molar-refractivity contribution in [1.82, 2.24) is 5.32 Å². The van der Waals surface area contributed by atoms with Crippen molar-refractivity contribution in [3.8, 4) is 0 Å². The number of hydrogen-bond acceptors (Lipinski definition) is 3. The van der Waals surface area contributed by atoms with Gasteiger partial charge in [0.2, 0.25) is 0 Å². The quantitative estimate of drug-likeness (QED) is 0.495. The molecule has 0 saturated carbocycles. The summed E-state index contributed by atoms with van der Waals surface area (Å²) in [7, 11) is 0. The van der Waals surface area contributed by atoms with Gasteiger partial charge >= 0.3 is 5.97 Å². The molecule has 11 heavy (non-hydrogen) atoms. The third-order valence-corrected chi connectivity index (χ3v) is 1.32. The molecule has 1 N–H and O–H groups in total. The second kappa shape index (κ2) is 4.03. The molecule has 0 amide bonds. The van der Waals surface area contributed by atoms with E-state index < -0.39 is 5.97 Å². The number of carbonyl (C=O) groups is 1. The van der Waals surface area contributed by atoms with Crippen molar-refractivity contribution in [2.24, 2.45) is 0 Å². The van der Waals surface area contributed by atoms with Gasteiger partial charge in [-0.1, -0.05) is 17.7 Å². The summed E-state index contributed by atoms with van der Waals surface area (Å²) in [5.74, 6) is -0.400. The molecule has 0 aromatic heterocycles.